The van der Waals surface area contributed by atoms with Crippen molar-refractivity contribution in [1.82, 2.24) is 25.4 Å². The van der Waals surface area contributed by atoms with Crippen LogP contribution in [-0.4, -0.2) is 47.5 Å². The molecule has 2 N–H and O–H groups in total. The maximum absolute atomic E-state index is 5.96. The van der Waals surface area contributed by atoms with Gasteiger partial charge in [0.25, 0.3) is 0 Å². The molecule has 2 aromatic heterocycles. The zero-order valence-corrected chi connectivity index (χ0v) is 16.7. The van der Waals surface area contributed by atoms with Crippen molar-refractivity contribution in [1.29, 1.82) is 0 Å². The number of fused-ring (bicyclic) bond motifs is 1. The monoisotopic (exact) mass is 384 g/mol. The molecule has 0 aliphatic carbocycles. The number of hydrogen-bond donors (Lipinski definition) is 2. The van der Waals surface area contributed by atoms with Crippen LogP contribution in [0.3, 0.4) is 0 Å². The van der Waals surface area contributed by atoms with Crippen LogP contribution in [0.5, 0.6) is 0 Å². The van der Waals surface area contributed by atoms with E-state index in [0.717, 1.165) is 41.5 Å². The molecule has 3 rings (SSSR count). The molecule has 0 aliphatic rings. The van der Waals surface area contributed by atoms with Crippen LogP contribution in [0.1, 0.15) is 31.5 Å². The summed E-state index contributed by atoms with van der Waals surface area (Å²) in [6.45, 7) is 6.74. The Bertz CT molecular complexity index is 868. The van der Waals surface area contributed by atoms with E-state index in [2.05, 4.69) is 45.7 Å². The van der Waals surface area contributed by atoms with Gasteiger partial charge in [0.05, 0.1) is 19.2 Å². The third kappa shape index (κ3) is 5.10. The van der Waals surface area contributed by atoms with Crippen molar-refractivity contribution in [2.24, 2.45) is 4.99 Å². The second-order valence-electron chi connectivity index (χ2n) is 6.50. The van der Waals surface area contributed by atoms with E-state index in [0.29, 0.717) is 19.7 Å². The van der Waals surface area contributed by atoms with E-state index in [1.807, 2.05) is 28.8 Å². The Morgan fingerprint density at radius 2 is 2.21 bits per heavy atom. The molecule has 2 heterocycles. The van der Waals surface area contributed by atoms with Gasteiger partial charge in [0.15, 0.2) is 5.96 Å². The quantitative estimate of drug-likeness (QED) is 0.335. The topological polar surface area (TPSA) is 89.5 Å². The minimum atomic E-state index is -0.0256. The third-order valence-corrected chi connectivity index (χ3v) is 4.45. The lowest BCUT2D eigenvalue weighted by Gasteiger charge is -2.17. The lowest BCUT2D eigenvalue weighted by molar-refractivity contribution is 0.208. The van der Waals surface area contributed by atoms with Gasteiger partial charge in [-0.05, 0) is 19.1 Å². The first-order chi connectivity index (χ1) is 13.7. The molecule has 8 nitrogen and oxygen atoms in total. The molecule has 0 bridgehead atoms. The molecule has 8 heteroatoms. The van der Waals surface area contributed by atoms with Gasteiger partial charge in [0, 0.05) is 32.0 Å². The smallest absolute Gasteiger partial charge is 0.191 e. The lowest BCUT2D eigenvalue weighted by Crippen LogP contribution is -2.40. The van der Waals surface area contributed by atoms with E-state index < -0.39 is 0 Å². The predicted octanol–water partition coefficient (Wildman–Crippen LogP) is 2.53. The molecule has 150 valence electrons. The first-order valence-corrected chi connectivity index (χ1v) is 9.60. The summed E-state index contributed by atoms with van der Waals surface area (Å²) in [6, 6.07) is 10.0. The Hall–Kier alpha value is -2.87. The average molecular weight is 384 g/mol. The summed E-state index contributed by atoms with van der Waals surface area (Å²) in [5.41, 5.74) is 0.886. The number of aromatic nitrogens is 3. The molecule has 3 aromatic rings. The molecule has 28 heavy (non-hydrogen) atoms. The molecular weight excluding hydrogens is 356 g/mol. The van der Waals surface area contributed by atoms with Gasteiger partial charge in [-0.2, -0.15) is 0 Å². The number of methoxy groups -OCH3 is 1. The highest BCUT2D eigenvalue weighted by molar-refractivity contribution is 5.81. The number of benzene rings is 1. The summed E-state index contributed by atoms with van der Waals surface area (Å²) in [5.74, 6) is 2.56. The number of furan rings is 1. The summed E-state index contributed by atoms with van der Waals surface area (Å²) in [4.78, 5) is 4.58. The maximum Gasteiger partial charge on any atom is 0.191 e. The Morgan fingerprint density at radius 1 is 1.36 bits per heavy atom. The van der Waals surface area contributed by atoms with Gasteiger partial charge in [0.1, 0.15) is 23.5 Å². The van der Waals surface area contributed by atoms with Crippen LogP contribution >= 0.6 is 0 Å². The Kier molecular flexibility index (Phi) is 7.02. The summed E-state index contributed by atoms with van der Waals surface area (Å²) in [7, 11) is 1.67. The highest BCUT2D eigenvalue weighted by Crippen LogP contribution is 2.23. The van der Waals surface area contributed by atoms with Crippen LogP contribution in [-0.2, 0) is 17.7 Å². The highest BCUT2D eigenvalue weighted by Gasteiger charge is 2.13. The van der Waals surface area contributed by atoms with Crippen LogP contribution in [0, 0.1) is 0 Å². The normalized spacial score (nSPS) is 13.0. The molecule has 1 atom stereocenters. The van der Waals surface area contributed by atoms with E-state index in [1.54, 1.807) is 13.4 Å². The number of guanidine groups is 1. The molecule has 1 aromatic carbocycles. The van der Waals surface area contributed by atoms with Crippen molar-refractivity contribution in [2.75, 3.05) is 26.8 Å². The fourth-order valence-corrected chi connectivity index (χ4v) is 2.93. The second kappa shape index (κ2) is 9.89. The van der Waals surface area contributed by atoms with Gasteiger partial charge in [0.2, 0.25) is 0 Å². The second-order valence-corrected chi connectivity index (χ2v) is 6.50. The molecule has 0 aliphatic heterocycles. The van der Waals surface area contributed by atoms with Gasteiger partial charge >= 0.3 is 0 Å². The van der Waals surface area contributed by atoms with Gasteiger partial charge in [-0.3, -0.25) is 4.99 Å². The third-order valence-electron chi connectivity index (χ3n) is 4.45. The molecule has 0 fully saturated rings. The van der Waals surface area contributed by atoms with Crippen LogP contribution in [0.2, 0.25) is 0 Å². The molecule has 1 unspecified atom stereocenters. The molecule has 0 saturated carbocycles. The molecule has 0 spiro atoms. The van der Waals surface area contributed by atoms with Crippen LogP contribution in [0.15, 0.2) is 46.1 Å². The zero-order chi connectivity index (χ0) is 19.8. The van der Waals surface area contributed by atoms with Gasteiger partial charge < -0.3 is 24.4 Å². The number of para-hydroxylation sites is 1. The maximum atomic E-state index is 5.96. The minimum Gasteiger partial charge on any atom is -0.459 e. The molecule has 0 radical (unpaired) electrons. The predicted molar refractivity (Wildman–Crippen MR) is 109 cm³/mol. The number of ether oxygens (including phenoxy) is 1. The molecule has 0 amide bonds. The largest absolute Gasteiger partial charge is 0.459 e. The molecular formula is C20H28N6O2. The van der Waals surface area contributed by atoms with E-state index in [4.69, 9.17) is 9.15 Å². The number of aryl methyl sites for hydroxylation is 1. The van der Waals surface area contributed by atoms with Crippen molar-refractivity contribution in [3.05, 3.63) is 48.2 Å². The SMILES string of the molecule is CCc1nncn1CCNC(=NCCOC)NC(C)c1cc2ccccc2o1. The van der Waals surface area contributed by atoms with Crippen molar-refractivity contribution in [2.45, 2.75) is 32.9 Å². The van der Waals surface area contributed by atoms with E-state index in [1.165, 1.54) is 0 Å². The van der Waals surface area contributed by atoms with Crippen molar-refractivity contribution in [3.8, 4) is 0 Å². The van der Waals surface area contributed by atoms with Crippen LogP contribution in [0.4, 0.5) is 0 Å². The van der Waals surface area contributed by atoms with Crippen LogP contribution in [0.25, 0.3) is 11.0 Å². The van der Waals surface area contributed by atoms with Crippen molar-refractivity contribution >= 4 is 16.9 Å². The average Bonchev–Trinajstić information content (AvgIpc) is 3.34. The zero-order valence-electron chi connectivity index (χ0n) is 16.7. The summed E-state index contributed by atoms with van der Waals surface area (Å²) >= 11 is 0. The number of nitrogens with zero attached hydrogens (tertiary/aromatic N) is 4. The van der Waals surface area contributed by atoms with E-state index in [-0.39, 0.29) is 6.04 Å². The lowest BCUT2D eigenvalue weighted by atomic mass is 10.2. The number of aliphatic imine (C=N–C) groups is 1. The van der Waals surface area contributed by atoms with Gasteiger partial charge in [-0.1, -0.05) is 25.1 Å². The summed E-state index contributed by atoms with van der Waals surface area (Å²) in [6.07, 6.45) is 2.61. The number of rotatable bonds is 9. The van der Waals surface area contributed by atoms with E-state index in [9.17, 15) is 0 Å². The Morgan fingerprint density at radius 3 is 3.00 bits per heavy atom. The van der Waals surface area contributed by atoms with Crippen LogP contribution < -0.4 is 10.6 Å². The first kappa shape index (κ1) is 19.9. The fourth-order valence-electron chi connectivity index (χ4n) is 2.93. The summed E-state index contributed by atoms with van der Waals surface area (Å²) < 4.78 is 13.1. The van der Waals surface area contributed by atoms with Crippen molar-refractivity contribution in [3.63, 3.8) is 0 Å². The highest BCUT2D eigenvalue weighted by atomic mass is 16.5. The van der Waals surface area contributed by atoms with E-state index >= 15 is 0 Å². The van der Waals surface area contributed by atoms with Gasteiger partial charge in [-0.15, -0.1) is 10.2 Å². The number of nitrogens with one attached hydrogen (secondary N) is 2. The number of hydrogen-bond acceptors (Lipinski definition) is 5. The van der Waals surface area contributed by atoms with Crippen molar-refractivity contribution < 1.29 is 9.15 Å². The molecule has 0 saturated heterocycles. The first-order valence-electron chi connectivity index (χ1n) is 9.60. The Balaban J connectivity index is 1.62. The van der Waals surface area contributed by atoms with Gasteiger partial charge in [-0.25, -0.2) is 0 Å². The Labute approximate surface area is 165 Å². The standard InChI is InChI=1S/C20H28N6O2/c1-4-19-25-23-14-26(19)11-9-21-20(22-10-12-27-3)24-15(2)18-13-16-7-5-6-8-17(16)28-18/h5-8,13-15H,4,9-12H2,1-3H3,(H2,21,22,24). The minimum absolute atomic E-state index is 0.0256. The summed E-state index contributed by atoms with van der Waals surface area (Å²) in [5, 5.41) is 16.0. The fraction of sp³-hybridized carbons (Fsp3) is 0.450.